The third kappa shape index (κ3) is 4.26. The highest BCUT2D eigenvalue weighted by atomic mass is 15.1. The maximum Gasteiger partial charge on any atom is 0.136 e. The van der Waals surface area contributed by atoms with Gasteiger partial charge in [-0.2, -0.15) is 10.2 Å². The van der Waals surface area contributed by atoms with Crippen LogP contribution >= 0.6 is 0 Å². The first-order valence-corrected chi connectivity index (χ1v) is 7.43. The maximum absolute atomic E-state index is 4.36. The molecule has 114 valence electrons. The Bertz CT molecular complexity index is 790. The molecule has 0 amide bonds. The van der Waals surface area contributed by atoms with E-state index in [-0.39, 0.29) is 0 Å². The second kappa shape index (κ2) is 6.87. The summed E-state index contributed by atoms with van der Waals surface area (Å²) < 4.78 is 0. The van der Waals surface area contributed by atoms with Crippen LogP contribution in [0.1, 0.15) is 23.0 Å². The third-order valence-corrected chi connectivity index (χ3v) is 3.24. The summed E-state index contributed by atoms with van der Waals surface area (Å²) in [6.07, 6.45) is 0.681. The number of hydrogen-bond donors (Lipinski definition) is 0. The van der Waals surface area contributed by atoms with Gasteiger partial charge >= 0.3 is 0 Å². The molecule has 23 heavy (non-hydrogen) atoms. The molecule has 0 unspecified atom stereocenters. The van der Waals surface area contributed by atoms with Crippen LogP contribution in [0.3, 0.4) is 0 Å². The van der Waals surface area contributed by atoms with Crippen molar-refractivity contribution < 1.29 is 0 Å². The predicted octanol–water partition coefficient (Wildman–Crippen LogP) is 4.49. The van der Waals surface area contributed by atoms with Gasteiger partial charge in [-0.3, -0.25) is 0 Å². The summed E-state index contributed by atoms with van der Waals surface area (Å²) in [4.78, 5) is 12.9. The molecule has 1 heterocycles. The fraction of sp³-hybridized carbons (Fsp3) is 0.167. The van der Waals surface area contributed by atoms with E-state index in [1.807, 2.05) is 68.4 Å². The second-order valence-corrected chi connectivity index (χ2v) is 5.22. The van der Waals surface area contributed by atoms with Crippen molar-refractivity contribution in [3.05, 3.63) is 77.6 Å². The molecule has 0 N–H and O–H groups in total. The fourth-order valence-corrected chi connectivity index (χ4v) is 2.23. The summed E-state index contributed by atoms with van der Waals surface area (Å²) in [6.45, 7) is 3.76. The highest BCUT2D eigenvalue weighted by Crippen LogP contribution is 2.19. The Hall–Kier alpha value is -2.95. The van der Waals surface area contributed by atoms with E-state index < -0.39 is 0 Å². The van der Waals surface area contributed by atoms with E-state index in [2.05, 4.69) is 25.2 Å². The molecule has 0 bridgehead atoms. The molecule has 0 fully saturated rings. The smallest absolute Gasteiger partial charge is 0.136 e. The topological polar surface area (TPSA) is 63.4 Å². The lowest BCUT2D eigenvalue weighted by Crippen LogP contribution is -2.03. The average Bonchev–Trinajstić information content (AvgIpc) is 2.54. The number of rotatable bonds is 4. The van der Waals surface area contributed by atoms with Gasteiger partial charge in [0.05, 0.1) is 11.4 Å². The first-order chi connectivity index (χ1) is 11.2. The standard InChI is InChI=1S/C18H17N5/c1-13-19-14(2)21-18(20-13)12-15-8-10-17(11-9-15)23-22-16-6-4-3-5-7-16/h3-11H,12H2,1-2H3. The van der Waals surface area contributed by atoms with Crippen molar-refractivity contribution in [1.82, 2.24) is 15.0 Å². The lowest BCUT2D eigenvalue weighted by atomic mass is 10.1. The van der Waals surface area contributed by atoms with Crippen molar-refractivity contribution >= 4 is 11.4 Å². The van der Waals surface area contributed by atoms with Gasteiger partial charge in [-0.15, -0.1) is 0 Å². The molecule has 0 aliphatic heterocycles. The number of aryl methyl sites for hydroxylation is 2. The van der Waals surface area contributed by atoms with Crippen LogP contribution in [0.5, 0.6) is 0 Å². The summed E-state index contributed by atoms with van der Waals surface area (Å²) in [5, 5.41) is 8.44. The van der Waals surface area contributed by atoms with Crippen molar-refractivity contribution in [2.24, 2.45) is 10.2 Å². The summed E-state index contributed by atoms with van der Waals surface area (Å²) in [6, 6.07) is 17.6. The number of benzene rings is 2. The Kier molecular flexibility index (Phi) is 4.47. The van der Waals surface area contributed by atoms with Gasteiger partial charge in [-0.1, -0.05) is 30.3 Å². The molecule has 0 aliphatic rings. The molecule has 0 aliphatic carbocycles. The number of hydrogen-bond acceptors (Lipinski definition) is 5. The third-order valence-electron chi connectivity index (χ3n) is 3.24. The van der Waals surface area contributed by atoms with E-state index in [1.54, 1.807) is 0 Å². The molecule has 0 atom stereocenters. The average molecular weight is 303 g/mol. The van der Waals surface area contributed by atoms with Crippen molar-refractivity contribution in [3.8, 4) is 0 Å². The lowest BCUT2D eigenvalue weighted by Gasteiger charge is -2.03. The number of azo groups is 1. The van der Waals surface area contributed by atoms with Gasteiger partial charge in [0.15, 0.2) is 0 Å². The van der Waals surface area contributed by atoms with Gasteiger partial charge in [-0.25, -0.2) is 15.0 Å². The zero-order valence-corrected chi connectivity index (χ0v) is 13.1. The van der Waals surface area contributed by atoms with Gasteiger partial charge in [0.25, 0.3) is 0 Å². The molecular formula is C18H17N5. The van der Waals surface area contributed by atoms with Crippen LogP contribution in [0.4, 0.5) is 11.4 Å². The largest absolute Gasteiger partial charge is 0.219 e. The first kappa shape index (κ1) is 15.0. The van der Waals surface area contributed by atoms with Crippen LogP contribution in [-0.4, -0.2) is 15.0 Å². The molecular weight excluding hydrogens is 286 g/mol. The predicted molar refractivity (Wildman–Crippen MR) is 89.2 cm³/mol. The van der Waals surface area contributed by atoms with Crippen LogP contribution < -0.4 is 0 Å². The molecule has 0 radical (unpaired) electrons. The zero-order valence-electron chi connectivity index (χ0n) is 13.1. The minimum Gasteiger partial charge on any atom is -0.219 e. The summed E-state index contributed by atoms with van der Waals surface area (Å²) in [5.74, 6) is 2.29. The second-order valence-electron chi connectivity index (χ2n) is 5.22. The molecule has 0 saturated heterocycles. The summed E-state index contributed by atoms with van der Waals surface area (Å²) in [7, 11) is 0. The monoisotopic (exact) mass is 303 g/mol. The summed E-state index contributed by atoms with van der Waals surface area (Å²) >= 11 is 0. The van der Waals surface area contributed by atoms with Gasteiger partial charge in [0.1, 0.15) is 17.5 Å². The van der Waals surface area contributed by atoms with Crippen LogP contribution in [0.25, 0.3) is 0 Å². The molecule has 3 rings (SSSR count). The molecule has 0 saturated carbocycles. The Morgan fingerprint density at radius 2 is 1.26 bits per heavy atom. The van der Waals surface area contributed by atoms with Gasteiger partial charge in [0, 0.05) is 6.42 Å². The Labute approximate surface area is 135 Å². The van der Waals surface area contributed by atoms with Gasteiger partial charge in [0.2, 0.25) is 0 Å². The van der Waals surface area contributed by atoms with Crippen molar-refractivity contribution in [1.29, 1.82) is 0 Å². The van der Waals surface area contributed by atoms with E-state index in [9.17, 15) is 0 Å². The Balaban J connectivity index is 1.71. The minimum absolute atomic E-state index is 0.681. The van der Waals surface area contributed by atoms with Crippen LogP contribution in [0.2, 0.25) is 0 Å². The number of nitrogens with zero attached hydrogens (tertiary/aromatic N) is 5. The zero-order chi connectivity index (χ0) is 16.1. The minimum atomic E-state index is 0.681. The van der Waals surface area contributed by atoms with Crippen molar-refractivity contribution in [2.45, 2.75) is 20.3 Å². The molecule has 3 aromatic rings. The summed E-state index contributed by atoms with van der Waals surface area (Å²) in [5.41, 5.74) is 2.79. The van der Waals surface area contributed by atoms with Crippen molar-refractivity contribution in [3.63, 3.8) is 0 Å². The molecule has 1 aromatic heterocycles. The van der Waals surface area contributed by atoms with E-state index in [0.29, 0.717) is 6.42 Å². The quantitative estimate of drug-likeness (QED) is 0.667. The van der Waals surface area contributed by atoms with E-state index in [0.717, 1.165) is 34.4 Å². The highest BCUT2D eigenvalue weighted by Gasteiger charge is 2.02. The lowest BCUT2D eigenvalue weighted by molar-refractivity contribution is 0.843. The Morgan fingerprint density at radius 1 is 0.696 bits per heavy atom. The van der Waals surface area contributed by atoms with E-state index in [4.69, 9.17) is 0 Å². The van der Waals surface area contributed by atoms with Crippen LogP contribution in [0, 0.1) is 13.8 Å². The molecule has 5 nitrogen and oxygen atoms in total. The molecule has 2 aromatic carbocycles. The van der Waals surface area contributed by atoms with E-state index in [1.165, 1.54) is 0 Å². The van der Waals surface area contributed by atoms with Gasteiger partial charge < -0.3 is 0 Å². The molecule has 0 spiro atoms. The van der Waals surface area contributed by atoms with Crippen LogP contribution in [-0.2, 0) is 6.42 Å². The maximum atomic E-state index is 4.36. The number of aromatic nitrogens is 3. The van der Waals surface area contributed by atoms with Crippen LogP contribution in [0.15, 0.2) is 64.8 Å². The highest BCUT2D eigenvalue weighted by molar-refractivity contribution is 5.41. The fourth-order valence-electron chi connectivity index (χ4n) is 2.23. The normalized spacial score (nSPS) is 11.0. The van der Waals surface area contributed by atoms with E-state index >= 15 is 0 Å². The Morgan fingerprint density at radius 3 is 1.87 bits per heavy atom. The van der Waals surface area contributed by atoms with Gasteiger partial charge in [-0.05, 0) is 43.7 Å². The van der Waals surface area contributed by atoms with Crippen molar-refractivity contribution in [2.75, 3.05) is 0 Å². The SMILES string of the molecule is Cc1nc(C)nc(Cc2ccc(N=Nc3ccccc3)cc2)n1. The first-order valence-electron chi connectivity index (χ1n) is 7.43. The molecule has 5 heteroatoms.